The third kappa shape index (κ3) is 2.52. The summed E-state index contributed by atoms with van der Waals surface area (Å²) in [6.07, 6.45) is 2.06. The summed E-state index contributed by atoms with van der Waals surface area (Å²) in [5.41, 5.74) is -0.0809. The third-order valence-corrected chi connectivity index (χ3v) is 3.08. The summed E-state index contributed by atoms with van der Waals surface area (Å²) in [5.74, 6) is 0. The number of carbonyl (C=O) groups excluding carboxylic acids is 1. The van der Waals surface area contributed by atoms with Crippen LogP contribution in [0.4, 0.5) is 8.78 Å². The molecule has 0 fully saturated rings. The van der Waals surface area contributed by atoms with Gasteiger partial charge in [-0.1, -0.05) is 0 Å². The molecule has 62 valence electrons. The first-order valence-electron chi connectivity index (χ1n) is 2.66. The molecule has 1 heterocycles. The van der Waals surface area contributed by atoms with Crippen molar-refractivity contribution >= 4 is 16.8 Å². The SMILES string of the molecule is O=C(Cl)C1=CC(F)[I-]C(F)=C1. The quantitative estimate of drug-likeness (QED) is 0.340. The van der Waals surface area contributed by atoms with Gasteiger partial charge in [0, 0.05) is 0 Å². The van der Waals surface area contributed by atoms with Gasteiger partial charge in [-0.05, 0) is 0 Å². The van der Waals surface area contributed by atoms with Crippen LogP contribution in [0.1, 0.15) is 0 Å². The molecule has 0 aromatic rings. The van der Waals surface area contributed by atoms with Crippen LogP contribution >= 0.6 is 11.6 Å². The van der Waals surface area contributed by atoms with Gasteiger partial charge in [0.25, 0.3) is 0 Å². The van der Waals surface area contributed by atoms with Gasteiger partial charge >= 0.3 is 77.4 Å². The van der Waals surface area contributed by atoms with Crippen LogP contribution in [0, 0.1) is 0 Å². The van der Waals surface area contributed by atoms with E-state index >= 15 is 0 Å². The predicted molar refractivity (Wildman–Crippen MR) is 33.0 cm³/mol. The van der Waals surface area contributed by atoms with Gasteiger partial charge in [0.1, 0.15) is 0 Å². The molecule has 0 N–H and O–H groups in total. The molecule has 0 amide bonds. The minimum absolute atomic E-state index is 0.0809. The van der Waals surface area contributed by atoms with Gasteiger partial charge < -0.3 is 0 Å². The summed E-state index contributed by atoms with van der Waals surface area (Å²) in [6, 6.07) is 0. The summed E-state index contributed by atoms with van der Waals surface area (Å²) in [7, 11) is 0. The van der Waals surface area contributed by atoms with Crippen LogP contribution in [0.15, 0.2) is 21.6 Å². The van der Waals surface area contributed by atoms with E-state index in [0.29, 0.717) is 0 Å². The normalized spacial score (nSPS) is 24.8. The number of hydrogen-bond acceptors (Lipinski definition) is 1. The molecule has 0 aliphatic carbocycles. The molecule has 11 heavy (non-hydrogen) atoms. The third-order valence-electron chi connectivity index (χ3n) is 1.01. The van der Waals surface area contributed by atoms with Crippen molar-refractivity contribution in [2.24, 2.45) is 0 Å². The summed E-state index contributed by atoms with van der Waals surface area (Å²) in [6.45, 7) is 0. The van der Waals surface area contributed by atoms with Gasteiger partial charge in [0.15, 0.2) is 0 Å². The molecule has 1 nitrogen and oxygen atoms in total. The number of rotatable bonds is 1. The molecule has 0 spiro atoms. The van der Waals surface area contributed by atoms with Crippen molar-refractivity contribution in [2.45, 2.75) is 4.18 Å². The molecule has 0 bridgehead atoms. The molecular weight excluding hydrogens is 288 g/mol. The van der Waals surface area contributed by atoms with Gasteiger partial charge in [-0.15, -0.1) is 0 Å². The van der Waals surface area contributed by atoms with E-state index < -0.39 is 34.5 Å². The Morgan fingerprint density at radius 2 is 2.36 bits per heavy atom. The van der Waals surface area contributed by atoms with Crippen molar-refractivity contribution in [3.05, 3.63) is 21.6 Å². The maximum absolute atomic E-state index is 12.5. The summed E-state index contributed by atoms with van der Waals surface area (Å²) < 4.78 is 23.1. The Kier molecular flexibility index (Phi) is 3.00. The summed E-state index contributed by atoms with van der Waals surface area (Å²) >= 11 is 3.79. The van der Waals surface area contributed by atoms with Crippen LogP contribution in [-0.2, 0) is 4.79 Å². The second kappa shape index (κ2) is 3.62. The first kappa shape index (κ1) is 9.12. The molecule has 0 saturated carbocycles. The number of allylic oxidation sites excluding steroid dienone is 3. The zero-order valence-electron chi connectivity index (χ0n) is 5.15. The fourth-order valence-corrected chi connectivity index (χ4v) is 2.35. The predicted octanol–water partition coefficient (Wildman–Crippen LogP) is -1.11. The van der Waals surface area contributed by atoms with Crippen LogP contribution in [0.2, 0.25) is 0 Å². The number of carbonyl (C=O) groups is 1. The van der Waals surface area contributed by atoms with E-state index in [1.54, 1.807) is 0 Å². The van der Waals surface area contributed by atoms with E-state index in [1.165, 1.54) is 0 Å². The van der Waals surface area contributed by atoms with E-state index in [9.17, 15) is 13.6 Å². The molecule has 1 atom stereocenters. The Morgan fingerprint density at radius 3 is 2.82 bits per heavy atom. The second-order valence-corrected chi connectivity index (χ2v) is 4.96. The number of halogens is 4. The van der Waals surface area contributed by atoms with Crippen LogP contribution in [0.25, 0.3) is 0 Å². The molecule has 0 aromatic heterocycles. The molecule has 0 aromatic carbocycles. The summed E-state index contributed by atoms with van der Waals surface area (Å²) in [5, 5.41) is -0.813. The van der Waals surface area contributed by atoms with E-state index in [-0.39, 0.29) is 5.57 Å². The molecular formula is C6H3ClF2IO-. The Morgan fingerprint density at radius 1 is 1.73 bits per heavy atom. The molecule has 5 heteroatoms. The zero-order chi connectivity index (χ0) is 8.43. The van der Waals surface area contributed by atoms with Gasteiger partial charge in [-0.3, -0.25) is 0 Å². The number of hydrogen-bond donors (Lipinski definition) is 0. The fraction of sp³-hybridized carbons (Fsp3) is 0.167. The average Bonchev–Trinajstić information content (AvgIpc) is 1.85. The molecule has 1 aliphatic heterocycles. The van der Waals surface area contributed by atoms with E-state index in [2.05, 4.69) is 0 Å². The average molecular weight is 291 g/mol. The molecule has 1 unspecified atom stereocenters. The summed E-state index contributed by atoms with van der Waals surface area (Å²) in [4.78, 5) is 10.4. The Hall–Kier alpha value is 0.0300. The standard InChI is InChI=1S/C6H3ClF2IO/c7-6(11)3-1-4(8)10-5(9)2-3/h1-2,4H/q-1. The molecule has 0 saturated heterocycles. The molecule has 1 aliphatic rings. The minimum atomic E-state index is -1.32. The number of alkyl halides is 2. The molecule has 1 rings (SSSR count). The van der Waals surface area contributed by atoms with Crippen molar-refractivity contribution in [2.75, 3.05) is 0 Å². The van der Waals surface area contributed by atoms with Crippen molar-refractivity contribution in [3.8, 4) is 0 Å². The van der Waals surface area contributed by atoms with E-state index in [1.807, 2.05) is 0 Å². The van der Waals surface area contributed by atoms with Crippen molar-refractivity contribution in [3.63, 3.8) is 0 Å². The first-order chi connectivity index (χ1) is 5.09. The second-order valence-electron chi connectivity index (χ2n) is 1.77. The topological polar surface area (TPSA) is 17.1 Å². The molecule has 0 radical (unpaired) electrons. The maximum atomic E-state index is 12.5. The zero-order valence-corrected chi connectivity index (χ0v) is 8.07. The van der Waals surface area contributed by atoms with Crippen LogP contribution in [-0.4, -0.2) is 9.42 Å². The monoisotopic (exact) mass is 291 g/mol. The van der Waals surface area contributed by atoms with E-state index in [0.717, 1.165) is 12.2 Å². The van der Waals surface area contributed by atoms with Gasteiger partial charge in [-0.25, -0.2) is 0 Å². The fourth-order valence-electron chi connectivity index (χ4n) is 0.586. The van der Waals surface area contributed by atoms with Gasteiger partial charge in [0.05, 0.1) is 0 Å². The van der Waals surface area contributed by atoms with Gasteiger partial charge in [0.2, 0.25) is 0 Å². The van der Waals surface area contributed by atoms with Crippen molar-refractivity contribution in [1.82, 2.24) is 0 Å². The van der Waals surface area contributed by atoms with Crippen LogP contribution in [0.3, 0.4) is 0 Å². The Bertz CT molecular complexity index is 249. The first-order valence-corrected chi connectivity index (χ1v) is 5.36. The van der Waals surface area contributed by atoms with E-state index in [4.69, 9.17) is 11.6 Å². The van der Waals surface area contributed by atoms with Crippen molar-refractivity contribution in [1.29, 1.82) is 0 Å². The van der Waals surface area contributed by atoms with Crippen LogP contribution < -0.4 is 21.2 Å². The Labute approximate surface area is 77.4 Å². The van der Waals surface area contributed by atoms with Gasteiger partial charge in [-0.2, -0.15) is 0 Å². The van der Waals surface area contributed by atoms with Crippen LogP contribution in [0.5, 0.6) is 0 Å². The Balaban J connectivity index is 2.87. The van der Waals surface area contributed by atoms with Crippen molar-refractivity contribution < 1.29 is 34.8 Å².